The number of aromatic amines is 1. The molecule has 0 aliphatic rings. The molecular formula is C21H15F3N4O3. The van der Waals surface area contributed by atoms with Gasteiger partial charge in [0.1, 0.15) is 11.6 Å². The average molecular weight is 428 g/mol. The number of halogens is 3. The van der Waals surface area contributed by atoms with Crippen molar-refractivity contribution in [1.29, 1.82) is 0 Å². The van der Waals surface area contributed by atoms with Crippen LogP contribution in [0, 0.1) is 0 Å². The van der Waals surface area contributed by atoms with Gasteiger partial charge in [-0.15, -0.1) is 13.2 Å². The van der Waals surface area contributed by atoms with Crippen LogP contribution in [0.1, 0.15) is 16.1 Å². The number of hydrogen-bond donors (Lipinski definition) is 3. The second-order valence-electron chi connectivity index (χ2n) is 6.62. The molecule has 0 aliphatic carbocycles. The highest BCUT2D eigenvalue weighted by Gasteiger charge is 2.31. The summed E-state index contributed by atoms with van der Waals surface area (Å²) in [7, 11) is 0. The van der Waals surface area contributed by atoms with E-state index in [-0.39, 0.29) is 18.0 Å². The summed E-state index contributed by atoms with van der Waals surface area (Å²) in [5.74, 6) is -0.877. The third kappa shape index (κ3) is 4.74. The van der Waals surface area contributed by atoms with Gasteiger partial charge in [-0.25, -0.2) is 9.78 Å². The molecule has 7 nitrogen and oxygen atoms in total. The van der Waals surface area contributed by atoms with E-state index in [1.165, 1.54) is 18.2 Å². The van der Waals surface area contributed by atoms with Crippen molar-refractivity contribution in [3.63, 3.8) is 0 Å². The van der Waals surface area contributed by atoms with E-state index in [4.69, 9.17) is 0 Å². The van der Waals surface area contributed by atoms with Crippen molar-refractivity contribution < 1.29 is 27.8 Å². The van der Waals surface area contributed by atoms with Gasteiger partial charge in [0.25, 0.3) is 0 Å². The third-order valence-electron chi connectivity index (χ3n) is 4.47. The van der Waals surface area contributed by atoms with Crippen LogP contribution in [-0.2, 0) is 6.54 Å². The molecule has 2 aromatic carbocycles. The van der Waals surface area contributed by atoms with Gasteiger partial charge in [0.05, 0.1) is 5.52 Å². The zero-order valence-electron chi connectivity index (χ0n) is 15.8. The predicted octanol–water partition coefficient (Wildman–Crippen LogP) is 4.83. The number of carbonyl (C=O) groups is 1. The van der Waals surface area contributed by atoms with E-state index in [9.17, 15) is 23.1 Å². The number of aromatic nitrogens is 3. The topological polar surface area (TPSA) is 100 Å². The largest absolute Gasteiger partial charge is 0.573 e. The zero-order valence-corrected chi connectivity index (χ0v) is 15.8. The van der Waals surface area contributed by atoms with E-state index in [1.807, 2.05) is 6.07 Å². The van der Waals surface area contributed by atoms with Crippen molar-refractivity contribution in [3.05, 3.63) is 72.1 Å². The number of nitrogens with one attached hydrogen (secondary N) is 2. The van der Waals surface area contributed by atoms with Crippen LogP contribution in [0.4, 0.5) is 19.0 Å². The minimum Gasteiger partial charge on any atom is -0.476 e. The van der Waals surface area contributed by atoms with Crippen molar-refractivity contribution >= 4 is 22.7 Å². The summed E-state index contributed by atoms with van der Waals surface area (Å²) in [5.41, 5.74) is 2.70. The molecule has 0 saturated heterocycles. The van der Waals surface area contributed by atoms with Crippen LogP contribution >= 0.6 is 0 Å². The van der Waals surface area contributed by atoms with Crippen molar-refractivity contribution in [2.45, 2.75) is 12.9 Å². The first kappa shape index (κ1) is 20.2. The number of anilines is 1. The Kier molecular flexibility index (Phi) is 5.20. The first-order valence-electron chi connectivity index (χ1n) is 9.05. The van der Waals surface area contributed by atoms with E-state index in [2.05, 4.69) is 25.2 Å². The van der Waals surface area contributed by atoms with Crippen LogP contribution in [0.15, 0.2) is 60.8 Å². The molecule has 0 saturated carbocycles. The number of nitrogens with zero attached hydrogens (tertiary/aromatic N) is 2. The normalized spacial score (nSPS) is 11.5. The number of fused-ring (bicyclic) bond motifs is 1. The molecule has 0 spiro atoms. The van der Waals surface area contributed by atoms with Crippen molar-refractivity contribution in [3.8, 4) is 16.9 Å². The van der Waals surface area contributed by atoms with Gasteiger partial charge in [0, 0.05) is 23.7 Å². The van der Waals surface area contributed by atoms with Crippen LogP contribution in [-0.4, -0.2) is 32.6 Å². The van der Waals surface area contributed by atoms with E-state index < -0.39 is 12.3 Å². The molecule has 0 amide bonds. The van der Waals surface area contributed by atoms with E-state index in [0.717, 1.165) is 11.1 Å². The van der Waals surface area contributed by atoms with Crippen molar-refractivity contribution in [2.75, 3.05) is 5.32 Å². The number of alkyl halides is 3. The number of pyridine rings is 1. The summed E-state index contributed by atoms with van der Waals surface area (Å²) in [4.78, 5) is 15.6. The molecule has 2 heterocycles. The molecule has 4 aromatic rings. The lowest BCUT2D eigenvalue weighted by Gasteiger charge is -2.11. The molecule has 0 fully saturated rings. The van der Waals surface area contributed by atoms with Gasteiger partial charge in [-0.05, 0) is 47.5 Å². The number of carboxylic acids is 1. The SMILES string of the molecule is O=C(O)c1n[nH]c2ccc(-c3ccc(NCc4cccc(OC(F)(F)F)c4)nc3)cc12. The second kappa shape index (κ2) is 7.98. The highest BCUT2D eigenvalue weighted by Crippen LogP contribution is 2.26. The number of rotatable bonds is 6. The number of H-pyrrole nitrogens is 1. The summed E-state index contributed by atoms with van der Waals surface area (Å²) in [5, 5.41) is 19.2. The Morgan fingerprint density at radius 1 is 1.10 bits per heavy atom. The molecule has 0 radical (unpaired) electrons. The fourth-order valence-corrected chi connectivity index (χ4v) is 3.07. The lowest BCUT2D eigenvalue weighted by molar-refractivity contribution is -0.274. The maximum absolute atomic E-state index is 12.3. The molecule has 4 rings (SSSR count). The molecular weight excluding hydrogens is 413 g/mol. The van der Waals surface area contributed by atoms with Crippen LogP contribution in [0.5, 0.6) is 5.75 Å². The van der Waals surface area contributed by atoms with Crippen molar-refractivity contribution in [1.82, 2.24) is 15.2 Å². The number of ether oxygens (including phenoxy) is 1. The summed E-state index contributed by atoms with van der Waals surface area (Å²) in [6.07, 6.45) is -3.12. The van der Waals surface area contributed by atoms with Gasteiger partial charge >= 0.3 is 12.3 Å². The fourth-order valence-electron chi connectivity index (χ4n) is 3.07. The fraction of sp³-hybridized carbons (Fsp3) is 0.0952. The maximum Gasteiger partial charge on any atom is 0.573 e. The maximum atomic E-state index is 12.3. The van der Waals surface area contributed by atoms with Crippen LogP contribution < -0.4 is 10.1 Å². The Bertz CT molecular complexity index is 1240. The van der Waals surface area contributed by atoms with Gasteiger partial charge in [-0.2, -0.15) is 5.10 Å². The molecule has 0 bridgehead atoms. The number of aromatic carboxylic acids is 1. The molecule has 0 atom stereocenters. The highest BCUT2D eigenvalue weighted by atomic mass is 19.4. The van der Waals surface area contributed by atoms with Gasteiger partial charge in [0.2, 0.25) is 0 Å². The second-order valence-corrected chi connectivity index (χ2v) is 6.62. The Hall–Kier alpha value is -4.08. The molecule has 158 valence electrons. The average Bonchev–Trinajstić information content (AvgIpc) is 3.15. The summed E-state index contributed by atoms with van der Waals surface area (Å²) < 4.78 is 41.0. The Balaban J connectivity index is 1.47. The smallest absolute Gasteiger partial charge is 0.476 e. The summed E-state index contributed by atoms with van der Waals surface area (Å²) in [6, 6.07) is 14.5. The third-order valence-corrected chi connectivity index (χ3v) is 4.47. The van der Waals surface area contributed by atoms with Gasteiger partial charge < -0.3 is 15.2 Å². The van der Waals surface area contributed by atoms with Gasteiger partial charge in [-0.1, -0.05) is 18.2 Å². The van der Waals surface area contributed by atoms with E-state index in [0.29, 0.717) is 22.3 Å². The lowest BCUT2D eigenvalue weighted by Crippen LogP contribution is -2.17. The summed E-state index contributed by atoms with van der Waals surface area (Å²) in [6.45, 7) is 0.254. The molecule has 2 aromatic heterocycles. The predicted molar refractivity (Wildman–Crippen MR) is 107 cm³/mol. The van der Waals surface area contributed by atoms with Gasteiger partial charge in [-0.3, -0.25) is 5.10 Å². The number of carboxylic acid groups (broad SMARTS) is 1. The van der Waals surface area contributed by atoms with Crippen LogP contribution in [0.2, 0.25) is 0 Å². The quantitative estimate of drug-likeness (QED) is 0.407. The Labute approximate surface area is 173 Å². The summed E-state index contributed by atoms with van der Waals surface area (Å²) >= 11 is 0. The Morgan fingerprint density at radius 3 is 2.61 bits per heavy atom. The number of hydrogen-bond acceptors (Lipinski definition) is 5. The monoisotopic (exact) mass is 428 g/mol. The molecule has 3 N–H and O–H groups in total. The first-order valence-corrected chi connectivity index (χ1v) is 9.05. The molecule has 0 aliphatic heterocycles. The zero-order chi connectivity index (χ0) is 22.0. The Morgan fingerprint density at radius 2 is 1.90 bits per heavy atom. The lowest BCUT2D eigenvalue weighted by atomic mass is 10.0. The van der Waals surface area contributed by atoms with Crippen LogP contribution in [0.25, 0.3) is 22.0 Å². The van der Waals surface area contributed by atoms with Gasteiger partial charge in [0.15, 0.2) is 5.69 Å². The standard InChI is InChI=1S/C21H15F3N4O3/c22-21(23,24)31-15-3-1-2-12(8-15)10-25-18-7-5-14(11-26-18)13-4-6-17-16(9-13)19(20(29)30)28-27-17/h1-9,11H,10H2,(H,25,26)(H,27,28)(H,29,30). The van der Waals surface area contributed by atoms with Crippen molar-refractivity contribution in [2.24, 2.45) is 0 Å². The highest BCUT2D eigenvalue weighted by molar-refractivity contribution is 6.02. The number of benzene rings is 2. The molecule has 31 heavy (non-hydrogen) atoms. The van der Waals surface area contributed by atoms with E-state index in [1.54, 1.807) is 36.5 Å². The minimum absolute atomic E-state index is 0.0557. The minimum atomic E-state index is -4.74. The first-order chi connectivity index (χ1) is 14.8. The van der Waals surface area contributed by atoms with E-state index >= 15 is 0 Å². The molecule has 10 heteroatoms. The molecule has 0 unspecified atom stereocenters. The van der Waals surface area contributed by atoms with Crippen LogP contribution in [0.3, 0.4) is 0 Å².